The Morgan fingerprint density at radius 3 is 1.94 bits per heavy atom. The highest BCUT2D eigenvalue weighted by Gasteiger charge is 2.44. The first-order valence-electron chi connectivity index (χ1n) is 15.4. The Balaban J connectivity index is 0.000000157. The first-order valence-corrected chi connectivity index (χ1v) is 15.4. The van der Waals surface area contributed by atoms with Gasteiger partial charge in [0.1, 0.15) is 5.75 Å². The standard InChI is InChI=1S/C17H15F3N4O2.C16H10F3N5/c18-17(19,20)26-12-5-3-11(4-6-12)14-7-8-15-21-22-16(24(15)23-14)10-13-2-1-9-25-13;17-16(18,19)14-22-21-13-6-5-12(23-24(13)14)10-1-3-11(4-2-10)15(9-20)7-8-15/h3-8,13H,1-2,9-10H2;1-6H,7-8H2. The number of halogens is 6. The number of nitriles is 1. The number of ether oxygens (including phenoxy) is 2. The van der Waals surface area contributed by atoms with E-state index in [1.807, 2.05) is 12.1 Å². The van der Waals surface area contributed by atoms with Crippen molar-refractivity contribution in [2.24, 2.45) is 0 Å². The van der Waals surface area contributed by atoms with Crippen molar-refractivity contribution < 1.29 is 35.8 Å². The van der Waals surface area contributed by atoms with E-state index >= 15 is 0 Å². The number of benzene rings is 2. The van der Waals surface area contributed by atoms with Gasteiger partial charge in [-0.05, 0) is 79.8 Å². The summed E-state index contributed by atoms with van der Waals surface area (Å²) in [7, 11) is 0. The fourth-order valence-corrected chi connectivity index (χ4v) is 5.62. The van der Waals surface area contributed by atoms with Crippen molar-refractivity contribution in [3.63, 3.8) is 0 Å². The Bertz CT molecular complexity index is 2180. The molecule has 4 aromatic heterocycles. The van der Waals surface area contributed by atoms with E-state index in [-0.39, 0.29) is 17.5 Å². The quantitative estimate of drug-likeness (QED) is 0.174. The van der Waals surface area contributed by atoms with Gasteiger partial charge in [-0.1, -0.05) is 24.3 Å². The summed E-state index contributed by atoms with van der Waals surface area (Å²) in [5.41, 5.74) is 3.48. The van der Waals surface area contributed by atoms with Gasteiger partial charge in [-0.15, -0.1) is 33.6 Å². The van der Waals surface area contributed by atoms with Crippen molar-refractivity contribution in [1.29, 1.82) is 5.26 Å². The molecular weight excluding hydrogens is 668 g/mol. The highest BCUT2D eigenvalue weighted by atomic mass is 19.4. The molecule has 8 rings (SSSR count). The molecule has 0 bridgehead atoms. The first-order chi connectivity index (χ1) is 23.9. The SMILES string of the molecule is FC(F)(F)Oc1ccc(-c2ccc3nnc(CC4CCCO4)n3n2)cc1.N#CC1(c2ccc(-c3ccc4nnc(C(F)(F)F)n4n3)cc2)CC1. The molecule has 0 radical (unpaired) electrons. The molecule has 2 aliphatic rings. The molecule has 1 aliphatic heterocycles. The van der Waals surface area contributed by atoms with Crippen molar-refractivity contribution >= 4 is 11.3 Å². The van der Waals surface area contributed by atoms with E-state index in [1.165, 1.54) is 30.3 Å². The smallest absolute Gasteiger partial charge is 0.406 e. The van der Waals surface area contributed by atoms with Gasteiger partial charge in [0.05, 0.1) is 29.0 Å². The topological polar surface area (TPSA) is 128 Å². The Labute approximate surface area is 279 Å². The first kappa shape index (κ1) is 32.9. The van der Waals surface area contributed by atoms with Gasteiger partial charge in [-0.25, -0.2) is 0 Å². The van der Waals surface area contributed by atoms with Crippen molar-refractivity contribution in [1.82, 2.24) is 39.6 Å². The van der Waals surface area contributed by atoms with E-state index in [9.17, 15) is 31.6 Å². The predicted octanol–water partition coefficient (Wildman–Crippen LogP) is 6.78. The van der Waals surface area contributed by atoms with E-state index < -0.39 is 23.8 Å². The summed E-state index contributed by atoms with van der Waals surface area (Å²) in [6.45, 7) is 0.756. The zero-order chi connectivity index (χ0) is 35.1. The minimum Gasteiger partial charge on any atom is -0.406 e. The van der Waals surface area contributed by atoms with Crippen LogP contribution in [0.5, 0.6) is 5.75 Å². The van der Waals surface area contributed by atoms with Gasteiger partial charge in [0.2, 0.25) is 0 Å². The third-order valence-electron chi connectivity index (χ3n) is 8.36. The summed E-state index contributed by atoms with van der Waals surface area (Å²) >= 11 is 0. The molecule has 17 heteroatoms. The minimum atomic E-state index is -4.71. The molecular formula is C33H25F6N9O2. The van der Waals surface area contributed by atoms with Gasteiger partial charge in [-0.2, -0.15) is 37.7 Å². The van der Waals surface area contributed by atoms with E-state index in [2.05, 4.69) is 41.4 Å². The average molecular weight is 694 g/mol. The highest BCUT2D eigenvalue weighted by Crippen LogP contribution is 2.47. The maximum absolute atomic E-state index is 12.9. The summed E-state index contributed by atoms with van der Waals surface area (Å²) in [5, 5.41) is 32.7. The second kappa shape index (κ2) is 12.7. The summed E-state index contributed by atoms with van der Waals surface area (Å²) in [4.78, 5) is 0. The molecule has 0 amide bonds. The summed E-state index contributed by atoms with van der Waals surface area (Å²) in [5.74, 6) is -0.728. The Kier molecular flexibility index (Phi) is 8.34. The van der Waals surface area contributed by atoms with Crippen LogP contribution in [0.4, 0.5) is 26.3 Å². The van der Waals surface area contributed by atoms with Crippen molar-refractivity contribution in [2.75, 3.05) is 6.61 Å². The molecule has 256 valence electrons. The molecule has 1 unspecified atom stereocenters. The summed E-state index contributed by atoms with van der Waals surface area (Å²) in [6, 6.07) is 21.6. The molecule has 1 saturated carbocycles. The lowest BCUT2D eigenvalue weighted by molar-refractivity contribution is -0.274. The maximum Gasteiger partial charge on any atom is 0.573 e. The van der Waals surface area contributed by atoms with Crippen LogP contribution in [0, 0.1) is 11.3 Å². The number of hydrogen-bond donors (Lipinski definition) is 0. The zero-order valence-corrected chi connectivity index (χ0v) is 25.9. The number of nitrogens with zero attached hydrogens (tertiary/aromatic N) is 9. The molecule has 2 fully saturated rings. The van der Waals surface area contributed by atoms with Gasteiger partial charge in [0.15, 0.2) is 17.1 Å². The number of fused-ring (bicyclic) bond motifs is 2. The summed E-state index contributed by atoms with van der Waals surface area (Å²) in [6.07, 6.45) is -4.91. The van der Waals surface area contributed by atoms with Crippen molar-refractivity contribution in [3.05, 3.63) is 90.0 Å². The van der Waals surface area contributed by atoms with Crippen LogP contribution in [0.2, 0.25) is 0 Å². The third kappa shape index (κ3) is 6.92. The van der Waals surface area contributed by atoms with Gasteiger partial charge in [0.25, 0.3) is 5.82 Å². The summed E-state index contributed by atoms with van der Waals surface area (Å²) < 4.78 is 87.4. The number of alkyl halides is 6. The van der Waals surface area contributed by atoms with Crippen LogP contribution in [0.25, 0.3) is 33.8 Å². The molecule has 11 nitrogen and oxygen atoms in total. The van der Waals surface area contributed by atoms with Crippen LogP contribution >= 0.6 is 0 Å². The number of aromatic nitrogens is 8. The van der Waals surface area contributed by atoms with Crippen LogP contribution in [-0.4, -0.2) is 58.7 Å². The molecule has 1 aliphatic carbocycles. The van der Waals surface area contributed by atoms with Crippen molar-refractivity contribution in [3.8, 4) is 34.3 Å². The Morgan fingerprint density at radius 1 is 0.780 bits per heavy atom. The zero-order valence-electron chi connectivity index (χ0n) is 25.9. The lowest BCUT2D eigenvalue weighted by Crippen LogP contribution is -2.16. The van der Waals surface area contributed by atoms with Crippen molar-refractivity contribution in [2.45, 2.75) is 56.2 Å². The average Bonchev–Trinajstić information content (AvgIpc) is 3.38. The van der Waals surface area contributed by atoms with Gasteiger partial charge in [0, 0.05) is 24.2 Å². The van der Waals surface area contributed by atoms with E-state index in [0.29, 0.717) is 44.9 Å². The molecule has 2 aromatic carbocycles. The van der Waals surface area contributed by atoms with Gasteiger partial charge >= 0.3 is 12.5 Å². The minimum absolute atomic E-state index is 0.0316. The molecule has 1 atom stereocenters. The normalized spacial score (nSPS) is 16.9. The molecule has 1 saturated heterocycles. The fraction of sp³-hybridized carbons (Fsp3) is 0.303. The Hall–Kier alpha value is -5.63. The van der Waals surface area contributed by atoms with Gasteiger partial charge in [-0.3, -0.25) is 0 Å². The number of rotatable bonds is 6. The second-order valence-electron chi connectivity index (χ2n) is 11.8. The van der Waals surface area contributed by atoms with Crippen LogP contribution in [0.1, 0.15) is 42.9 Å². The van der Waals surface area contributed by atoms with E-state index in [0.717, 1.165) is 37.9 Å². The fourth-order valence-electron chi connectivity index (χ4n) is 5.62. The van der Waals surface area contributed by atoms with E-state index in [1.54, 1.807) is 34.8 Å². The predicted molar refractivity (Wildman–Crippen MR) is 163 cm³/mol. The second-order valence-corrected chi connectivity index (χ2v) is 11.8. The molecule has 50 heavy (non-hydrogen) atoms. The molecule has 0 N–H and O–H groups in total. The molecule has 0 spiro atoms. The Morgan fingerprint density at radius 2 is 1.38 bits per heavy atom. The van der Waals surface area contributed by atoms with Crippen LogP contribution in [-0.2, 0) is 22.7 Å². The largest absolute Gasteiger partial charge is 0.573 e. The lowest BCUT2D eigenvalue weighted by atomic mass is 9.96. The van der Waals surface area contributed by atoms with Crippen LogP contribution in [0.15, 0.2) is 72.8 Å². The molecule has 6 aromatic rings. The van der Waals surface area contributed by atoms with Crippen LogP contribution in [0.3, 0.4) is 0 Å². The monoisotopic (exact) mass is 693 g/mol. The molecule has 5 heterocycles. The highest BCUT2D eigenvalue weighted by molar-refractivity contribution is 5.62. The lowest BCUT2D eigenvalue weighted by Gasteiger charge is -2.09. The maximum atomic E-state index is 12.9. The van der Waals surface area contributed by atoms with Crippen LogP contribution < -0.4 is 4.74 Å². The van der Waals surface area contributed by atoms with Gasteiger partial charge < -0.3 is 9.47 Å². The van der Waals surface area contributed by atoms with E-state index in [4.69, 9.17) is 4.74 Å². The number of hydrogen-bond acceptors (Lipinski definition) is 9. The third-order valence-corrected chi connectivity index (χ3v) is 8.36.